The molecule has 5 heteroatoms. The number of pyridine rings is 1. The first kappa shape index (κ1) is 11.7. The first-order valence-electron chi connectivity index (χ1n) is 5.92. The van der Waals surface area contributed by atoms with Gasteiger partial charge >= 0.3 is 0 Å². The van der Waals surface area contributed by atoms with E-state index >= 15 is 0 Å². The van der Waals surface area contributed by atoms with Crippen molar-refractivity contribution in [2.45, 2.75) is 12.5 Å². The topological polar surface area (TPSA) is 54.1 Å². The fourth-order valence-electron chi connectivity index (χ4n) is 2.20. The van der Waals surface area contributed by atoms with Crippen LogP contribution in [0.25, 0.3) is 10.8 Å². The van der Waals surface area contributed by atoms with Gasteiger partial charge in [0, 0.05) is 28.0 Å². The molecule has 1 saturated heterocycles. The van der Waals surface area contributed by atoms with E-state index in [9.17, 15) is 4.79 Å². The number of hydrogen-bond acceptors (Lipinski definition) is 3. The zero-order chi connectivity index (χ0) is 12.5. The minimum atomic E-state index is -0.0812. The molecule has 1 aromatic heterocycles. The second kappa shape index (κ2) is 4.74. The number of ether oxygens (including phenoxy) is 1. The number of aromatic amines is 1. The van der Waals surface area contributed by atoms with Crippen LogP contribution in [0.3, 0.4) is 0 Å². The summed E-state index contributed by atoms with van der Waals surface area (Å²) >= 11 is 3.44. The Hall–Kier alpha value is -1.33. The Kier molecular flexibility index (Phi) is 3.09. The van der Waals surface area contributed by atoms with Crippen LogP contribution in [0.2, 0.25) is 0 Å². The van der Waals surface area contributed by atoms with E-state index in [0.29, 0.717) is 5.39 Å². The average Bonchev–Trinajstić information content (AvgIpc) is 2.87. The summed E-state index contributed by atoms with van der Waals surface area (Å²) in [6.45, 7) is 1.89. The highest BCUT2D eigenvalue weighted by Crippen LogP contribution is 2.25. The lowest BCUT2D eigenvalue weighted by Gasteiger charge is -2.13. The summed E-state index contributed by atoms with van der Waals surface area (Å²) < 4.78 is 6.75. The van der Waals surface area contributed by atoms with E-state index in [1.807, 2.05) is 12.1 Å². The Balaban J connectivity index is 1.99. The summed E-state index contributed by atoms with van der Waals surface area (Å²) in [5, 5.41) is 4.81. The van der Waals surface area contributed by atoms with E-state index in [2.05, 4.69) is 26.2 Å². The summed E-state index contributed by atoms with van der Waals surface area (Å²) in [6, 6.07) is 5.56. The summed E-state index contributed by atoms with van der Waals surface area (Å²) in [6.07, 6.45) is 2.91. The number of aromatic nitrogens is 1. The van der Waals surface area contributed by atoms with Gasteiger partial charge in [0.25, 0.3) is 5.56 Å². The predicted octanol–water partition coefficient (Wildman–Crippen LogP) is 2.03. The third-order valence-corrected chi connectivity index (χ3v) is 3.80. The molecular weight excluding hydrogens is 296 g/mol. The van der Waals surface area contributed by atoms with E-state index in [-0.39, 0.29) is 11.7 Å². The fraction of sp³-hybridized carbons (Fsp3) is 0.308. The lowest BCUT2D eigenvalue weighted by molar-refractivity contribution is 0.223. The minimum absolute atomic E-state index is 0.0812. The van der Waals surface area contributed by atoms with E-state index < -0.39 is 0 Å². The van der Waals surface area contributed by atoms with E-state index in [1.54, 1.807) is 12.3 Å². The maximum Gasteiger partial charge on any atom is 0.255 e. The Morgan fingerprint density at radius 3 is 3.00 bits per heavy atom. The van der Waals surface area contributed by atoms with Gasteiger partial charge in [0.2, 0.25) is 0 Å². The maximum atomic E-state index is 11.7. The van der Waals surface area contributed by atoms with Crippen molar-refractivity contribution in [1.29, 1.82) is 0 Å². The van der Waals surface area contributed by atoms with Crippen LogP contribution in [-0.2, 0) is 0 Å². The molecule has 1 aliphatic rings. The zero-order valence-corrected chi connectivity index (χ0v) is 11.3. The molecule has 1 aliphatic heterocycles. The van der Waals surface area contributed by atoms with Gasteiger partial charge in [-0.05, 0) is 47.1 Å². The van der Waals surface area contributed by atoms with Crippen LogP contribution in [0.5, 0.6) is 5.75 Å². The highest BCUT2D eigenvalue weighted by molar-refractivity contribution is 9.10. The summed E-state index contributed by atoms with van der Waals surface area (Å²) in [5.74, 6) is 0.808. The Bertz CT molecular complexity index is 632. The first-order valence-corrected chi connectivity index (χ1v) is 6.71. The van der Waals surface area contributed by atoms with Crippen LogP contribution in [0, 0.1) is 0 Å². The van der Waals surface area contributed by atoms with Gasteiger partial charge < -0.3 is 15.0 Å². The molecule has 0 amide bonds. The van der Waals surface area contributed by atoms with Crippen molar-refractivity contribution in [3.05, 3.63) is 39.2 Å². The molecule has 2 heterocycles. The van der Waals surface area contributed by atoms with Crippen molar-refractivity contribution in [1.82, 2.24) is 10.3 Å². The van der Waals surface area contributed by atoms with Gasteiger partial charge in [-0.1, -0.05) is 0 Å². The second-order valence-electron chi connectivity index (χ2n) is 4.41. The molecule has 0 bridgehead atoms. The van der Waals surface area contributed by atoms with Gasteiger partial charge in [0.1, 0.15) is 11.9 Å². The molecule has 3 rings (SSSR count). The number of fused-ring (bicyclic) bond motifs is 1. The third kappa shape index (κ3) is 2.15. The molecule has 1 aromatic carbocycles. The molecule has 0 spiro atoms. The van der Waals surface area contributed by atoms with Crippen molar-refractivity contribution in [2.75, 3.05) is 13.1 Å². The van der Waals surface area contributed by atoms with Gasteiger partial charge in [-0.2, -0.15) is 0 Å². The molecule has 4 nitrogen and oxygen atoms in total. The van der Waals surface area contributed by atoms with E-state index in [0.717, 1.165) is 35.1 Å². The highest BCUT2D eigenvalue weighted by atomic mass is 79.9. The number of H-pyrrole nitrogens is 1. The summed E-state index contributed by atoms with van der Waals surface area (Å²) in [7, 11) is 0. The third-order valence-electron chi connectivity index (χ3n) is 3.14. The number of halogens is 1. The van der Waals surface area contributed by atoms with Crippen LogP contribution in [0.15, 0.2) is 33.7 Å². The number of nitrogens with one attached hydrogen (secondary N) is 2. The molecule has 0 saturated carbocycles. The molecular formula is C13H13BrN2O2. The van der Waals surface area contributed by atoms with Crippen molar-refractivity contribution < 1.29 is 4.74 Å². The number of rotatable bonds is 2. The number of benzene rings is 1. The molecule has 1 fully saturated rings. The zero-order valence-electron chi connectivity index (χ0n) is 9.70. The molecule has 2 N–H and O–H groups in total. The molecule has 1 atom stereocenters. The number of hydrogen-bond donors (Lipinski definition) is 2. The Labute approximate surface area is 112 Å². The average molecular weight is 309 g/mol. The van der Waals surface area contributed by atoms with Gasteiger partial charge in [-0.15, -0.1) is 0 Å². The first-order chi connectivity index (χ1) is 8.74. The lowest BCUT2D eigenvalue weighted by atomic mass is 10.1. The quantitative estimate of drug-likeness (QED) is 0.892. The predicted molar refractivity (Wildman–Crippen MR) is 74.2 cm³/mol. The van der Waals surface area contributed by atoms with E-state index in [4.69, 9.17) is 4.74 Å². The normalized spacial score (nSPS) is 19.3. The molecule has 18 heavy (non-hydrogen) atoms. The molecule has 2 aromatic rings. The van der Waals surface area contributed by atoms with Gasteiger partial charge in [0.05, 0.1) is 0 Å². The Morgan fingerprint density at radius 2 is 2.22 bits per heavy atom. The van der Waals surface area contributed by atoms with Crippen LogP contribution in [0.1, 0.15) is 6.42 Å². The molecule has 0 radical (unpaired) electrons. The lowest BCUT2D eigenvalue weighted by Crippen LogP contribution is -2.19. The summed E-state index contributed by atoms with van der Waals surface area (Å²) in [5.41, 5.74) is -0.0812. The molecule has 0 unspecified atom stereocenters. The van der Waals surface area contributed by atoms with E-state index in [1.165, 1.54) is 0 Å². The summed E-state index contributed by atoms with van der Waals surface area (Å²) in [4.78, 5) is 14.3. The minimum Gasteiger partial charge on any atom is -0.489 e. The maximum absolute atomic E-state index is 11.7. The SMILES string of the molecule is O=c1[nH]cc(Br)c2cc(O[C@@H]3CCNC3)ccc12. The smallest absolute Gasteiger partial charge is 0.255 e. The monoisotopic (exact) mass is 308 g/mol. The van der Waals surface area contributed by atoms with Crippen LogP contribution >= 0.6 is 15.9 Å². The van der Waals surface area contributed by atoms with Gasteiger partial charge in [0.15, 0.2) is 0 Å². The van der Waals surface area contributed by atoms with Crippen LogP contribution in [-0.4, -0.2) is 24.2 Å². The van der Waals surface area contributed by atoms with Crippen molar-refractivity contribution >= 4 is 26.7 Å². The fourth-order valence-corrected chi connectivity index (χ4v) is 2.64. The highest BCUT2D eigenvalue weighted by Gasteiger charge is 2.16. The molecule has 94 valence electrons. The standard InChI is InChI=1S/C13H13BrN2O2/c14-12-7-16-13(17)10-2-1-8(5-11(10)12)18-9-3-4-15-6-9/h1-2,5,7,9,15H,3-4,6H2,(H,16,17)/t9-/m1/s1. The van der Waals surface area contributed by atoms with Crippen molar-refractivity contribution in [3.8, 4) is 5.75 Å². The molecule has 0 aliphatic carbocycles. The van der Waals surface area contributed by atoms with Crippen molar-refractivity contribution in [3.63, 3.8) is 0 Å². The van der Waals surface area contributed by atoms with Crippen molar-refractivity contribution in [2.24, 2.45) is 0 Å². The van der Waals surface area contributed by atoms with Crippen LogP contribution < -0.4 is 15.6 Å². The van der Waals surface area contributed by atoms with Gasteiger partial charge in [-0.25, -0.2) is 0 Å². The Morgan fingerprint density at radius 1 is 1.33 bits per heavy atom. The van der Waals surface area contributed by atoms with Crippen LogP contribution in [0.4, 0.5) is 0 Å². The second-order valence-corrected chi connectivity index (χ2v) is 5.26. The largest absolute Gasteiger partial charge is 0.489 e. The van der Waals surface area contributed by atoms with Gasteiger partial charge in [-0.3, -0.25) is 4.79 Å².